The number of para-hydroxylation sites is 1. The molecule has 0 saturated carbocycles. The molecule has 0 radical (unpaired) electrons. The van der Waals surface area contributed by atoms with Crippen molar-refractivity contribution in [1.29, 1.82) is 0 Å². The van der Waals surface area contributed by atoms with Crippen LogP contribution in [-0.2, 0) is 20.0 Å². The molecule has 7 heteroatoms. The number of fused-ring (bicyclic) bond motifs is 2. The zero-order valence-electron chi connectivity index (χ0n) is 16.3. The number of amides is 1. The van der Waals surface area contributed by atoms with Gasteiger partial charge in [-0.3, -0.25) is 9.59 Å². The summed E-state index contributed by atoms with van der Waals surface area (Å²) in [6.07, 6.45) is 2.25. The molecule has 0 atom stereocenters. The quantitative estimate of drug-likeness (QED) is 0.526. The van der Waals surface area contributed by atoms with Gasteiger partial charge in [-0.2, -0.15) is 0 Å². The molecule has 0 spiro atoms. The van der Waals surface area contributed by atoms with Crippen molar-refractivity contribution >= 4 is 38.4 Å². The third-order valence-electron chi connectivity index (χ3n) is 5.05. The number of rotatable bonds is 4. The van der Waals surface area contributed by atoms with Crippen LogP contribution >= 0.6 is 11.3 Å². The molecule has 1 aromatic carbocycles. The topological polar surface area (TPSA) is 68.3 Å². The van der Waals surface area contributed by atoms with Gasteiger partial charge in [0, 0.05) is 38.0 Å². The minimum Gasteiger partial charge on any atom is -0.461 e. The molecule has 0 aliphatic heterocycles. The van der Waals surface area contributed by atoms with E-state index >= 15 is 0 Å². The lowest BCUT2D eigenvalue weighted by molar-refractivity contribution is 0.0789. The molecule has 0 aliphatic carbocycles. The Hall–Kier alpha value is -2.93. The van der Waals surface area contributed by atoms with Crippen LogP contribution in [0.4, 0.5) is 0 Å². The molecule has 0 bridgehead atoms. The van der Waals surface area contributed by atoms with E-state index in [1.165, 1.54) is 22.2 Å². The van der Waals surface area contributed by atoms with Crippen molar-refractivity contribution < 1.29 is 9.21 Å². The van der Waals surface area contributed by atoms with Crippen LogP contribution in [0.25, 0.3) is 21.2 Å². The fourth-order valence-corrected chi connectivity index (χ4v) is 4.64. The van der Waals surface area contributed by atoms with Gasteiger partial charge in [0.15, 0.2) is 0 Å². The number of carbonyl (C=O) groups is 1. The van der Waals surface area contributed by atoms with Gasteiger partial charge in [-0.05, 0) is 18.6 Å². The van der Waals surface area contributed by atoms with E-state index in [9.17, 15) is 9.59 Å². The molecular formula is C21H21N3O3S. The Morgan fingerprint density at radius 3 is 2.82 bits per heavy atom. The highest BCUT2D eigenvalue weighted by Crippen LogP contribution is 2.30. The van der Waals surface area contributed by atoms with Crippen LogP contribution in [0.3, 0.4) is 0 Å². The summed E-state index contributed by atoms with van der Waals surface area (Å²) < 4.78 is 7.38. The van der Waals surface area contributed by atoms with Crippen LogP contribution in [-0.4, -0.2) is 27.4 Å². The van der Waals surface area contributed by atoms with Gasteiger partial charge in [0.25, 0.3) is 11.5 Å². The molecule has 4 rings (SSSR count). The first kappa shape index (κ1) is 18.4. The van der Waals surface area contributed by atoms with Gasteiger partial charge in [-0.15, -0.1) is 11.3 Å². The molecule has 3 aromatic heterocycles. The number of aryl methyl sites for hydroxylation is 3. The van der Waals surface area contributed by atoms with Gasteiger partial charge in [0.05, 0.1) is 16.6 Å². The summed E-state index contributed by atoms with van der Waals surface area (Å²) in [6, 6.07) is 7.87. The lowest BCUT2D eigenvalue weighted by Gasteiger charge is -2.17. The van der Waals surface area contributed by atoms with Crippen molar-refractivity contribution in [3.63, 3.8) is 0 Å². The fraction of sp³-hybridized carbons (Fsp3) is 0.286. The van der Waals surface area contributed by atoms with E-state index < -0.39 is 0 Å². The molecule has 0 saturated heterocycles. The SMILES string of the molecule is CCc1oc2ccccc2c1CN(C)C(=O)c1sc2ncn(C)c(=O)c2c1C. The van der Waals surface area contributed by atoms with Gasteiger partial charge in [0.1, 0.15) is 16.2 Å². The highest BCUT2D eigenvalue weighted by molar-refractivity contribution is 7.20. The van der Waals surface area contributed by atoms with Crippen molar-refractivity contribution in [2.45, 2.75) is 26.8 Å². The Morgan fingerprint density at radius 2 is 2.07 bits per heavy atom. The minimum atomic E-state index is -0.130. The molecule has 0 unspecified atom stereocenters. The molecule has 0 N–H and O–H groups in total. The van der Waals surface area contributed by atoms with Gasteiger partial charge >= 0.3 is 0 Å². The maximum absolute atomic E-state index is 13.2. The minimum absolute atomic E-state index is 0.116. The maximum atomic E-state index is 13.2. The first-order chi connectivity index (χ1) is 13.4. The number of furan rings is 1. The van der Waals surface area contributed by atoms with Gasteiger partial charge in [0.2, 0.25) is 0 Å². The zero-order chi connectivity index (χ0) is 20.0. The Labute approximate surface area is 166 Å². The third kappa shape index (κ3) is 2.82. The third-order valence-corrected chi connectivity index (χ3v) is 6.24. The number of hydrogen-bond donors (Lipinski definition) is 0. The second-order valence-corrected chi connectivity index (χ2v) is 7.91. The fourth-order valence-electron chi connectivity index (χ4n) is 3.50. The Balaban J connectivity index is 1.72. The van der Waals surface area contributed by atoms with Crippen LogP contribution in [0.2, 0.25) is 0 Å². The van der Waals surface area contributed by atoms with Crippen LogP contribution < -0.4 is 5.56 Å². The molecule has 6 nitrogen and oxygen atoms in total. The van der Waals surface area contributed by atoms with Gasteiger partial charge in [-0.1, -0.05) is 25.1 Å². The molecule has 4 aromatic rings. The average Bonchev–Trinajstić information content (AvgIpc) is 3.22. The molecule has 28 heavy (non-hydrogen) atoms. The number of nitrogens with zero attached hydrogens (tertiary/aromatic N) is 3. The van der Waals surface area contributed by atoms with E-state index in [-0.39, 0.29) is 11.5 Å². The van der Waals surface area contributed by atoms with Crippen LogP contribution in [0.5, 0.6) is 0 Å². The van der Waals surface area contributed by atoms with Crippen LogP contribution in [0.1, 0.15) is 33.5 Å². The zero-order valence-corrected chi connectivity index (χ0v) is 17.1. The summed E-state index contributed by atoms with van der Waals surface area (Å²) in [6.45, 7) is 4.30. The number of aromatic nitrogens is 2. The number of carbonyl (C=O) groups excluding carboxylic acids is 1. The van der Waals surface area contributed by atoms with E-state index in [1.807, 2.05) is 38.1 Å². The monoisotopic (exact) mass is 395 g/mol. The van der Waals surface area contributed by atoms with E-state index in [2.05, 4.69) is 4.98 Å². The molecule has 1 amide bonds. The highest BCUT2D eigenvalue weighted by Gasteiger charge is 2.23. The number of hydrogen-bond acceptors (Lipinski definition) is 5. The van der Waals surface area contributed by atoms with Crippen molar-refractivity contribution in [3.8, 4) is 0 Å². The van der Waals surface area contributed by atoms with Crippen molar-refractivity contribution in [2.75, 3.05) is 7.05 Å². The lowest BCUT2D eigenvalue weighted by Crippen LogP contribution is -2.26. The predicted molar refractivity (Wildman–Crippen MR) is 111 cm³/mol. The Bertz CT molecular complexity index is 1270. The smallest absolute Gasteiger partial charge is 0.264 e. The standard InChI is InChI=1S/C21H21N3O3S/c1-5-15-14(13-8-6-7-9-16(13)27-15)10-23(3)21(26)18-12(2)17-19(28-18)22-11-24(4)20(17)25/h6-9,11H,5,10H2,1-4H3. The van der Waals surface area contributed by atoms with Gasteiger partial charge < -0.3 is 13.9 Å². The van der Waals surface area contributed by atoms with Crippen LogP contribution in [0.15, 0.2) is 39.8 Å². The van der Waals surface area contributed by atoms with Crippen molar-refractivity contribution in [3.05, 3.63) is 62.7 Å². The Kier molecular flexibility index (Phi) is 4.55. The molecule has 0 fully saturated rings. The number of benzene rings is 1. The summed E-state index contributed by atoms with van der Waals surface area (Å²) in [7, 11) is 3.44. The van der Waals surface area contributed by atoms with Crippen LogP contribution in [0, 0.1) is 6.92 Å². The second kappa shape index (κ2) is 6.91. The summed E-state index contributed by atoms with van der Waals surface area (Å²) in [5, 5.41) is 1.55. The molecular weight excluding hydrogens is 374 g/mol. The summed E-state index contributed by atoms with van der Waals surface area (Å²) in [4.78, 5) is 32.7. The summed E-state index contributed by atoms with van der Waals surface area (Å²) >= 11 is 1.27. The Morgan fingerprint density at radius 1 is 1.32 bits per heavy atom. The first-order valence-electron chi connectivity index (χ1n) is 9.11. The summed E-state index contributed by atoms with van der Waals surface area (Å²) in [5.41, 5.74) is 2.43. The first-order valence-corrected chi connectivity index (χ1v) is 9.93. The molecule has 0 aliphatic rings. The van der Waals surface area contributed by atoms with Crippen molar-refractivity contribution in [2.24, 2.45) is 7.05 Å². The normalized spacial score (nSPS) is 11.4. The van der Waals surface area contributed by atoms with E-state index in [4.69, 9.17) is 4.42 Å². The van der Waals surface area contributed by atoms with E-state index in [1.54, 1.807) is 19.0 Å². The average molecular weight is 395 g/mol. The molecule has 144 valence electrons. The van der Waals surface area contributed by atoms with E-state index in [0.717, 1.165) is 28.7 Å². The van der Waals surface area contributed by atoms with E-state index in [0.29, 0.717) is 27.2 Å². The predicted octanol–water partition coefficient (Wildman–Crippen LogP) is 3.88. The summed E-state index contributed by atoms with van der Waals surface area (Å²) in [5.74, 6) is 0.777. The second-order valence-electron chi connectivity index (χ2n) is 6.91. The molecule has 3 heterocycles. The number of thiophene rings is 1. The lowest BCUT2D eigenvalue weighted by atomic mass is 10.1. The van der Waals surface area contributed by atoms with Gasteiger partial charge in [-0.25, -0.2) is 4.98 Å². The van der Waals surface area contributed by atoms with Crippen molar-refractivity contribution in [1.82, 2.24) is 14.5 Å². The highest BCUT2D eigenvalue weighted by atomic mass is 32.1. The largest absolute Gasteiger partial charge is 0.461 e. The maximum Gasteiger partial charge on any atom is 0.264 e.